The molecule has 104 valence electrons. The van der Waals surface area contributed by atoms with Crippen molar-refractivity contribution in [2.24, 2.45) is 5.92 Å². The molecule has 1 aliphatic carbocycles. The topological polar surface area (TPSA) is 83.6 Å². The summed E-state index contributed by atoms with van der Waals surface area (Å²) in [5, 5.41) is 3.88. The number of hydrogen-bond acceptors (Lipinski definition) is 4. The molecule has 0 spiro atoms. The van der Waals surface area contributed by atoms with Crippen LogP contribution in [0, 0.1) is 5.92 Å². The normalized spacial score (nSPS) is 37.5. The summed E-state index contributed by atoms with van der Waals surface area (Å²) < 4.78 is 23.0. The summed E-state index contributed by atoms with van der Waals surface area (Å²) in [5.41, 5.74) is 0. The molecule has 0 bridgehead atoms. The van der Waals surface area contributed by atoms with Crippen molar-refractivity contribution in [2.75, 3.05) is 5.75 Å². The van der Waals surface area contributed by atoms with Crippen LogP contribution in [0.5, 0.6) is 0 Å². The Bertz CT molecular complexity index is 564. The molecule has 6 nitrogen and oxygen atoms in total. The zero-order valence-corrected chi connectivity index (χ0v) is 11.4. The molecule has 1 saturated heterocycles. The van der Waals surface area contributed by atoms with E-state index in [1.54, 1.807) is 6.92 Å². The number of carbonyl (C=O) groups is 2. The van der Waals surface area contributed by atoms with Crippen LogP contribution in [0.2, 0.25) is 0 Å². The first-order chi connectivity index (χ1) is 8.89. The molecule has 2 heterocycles. The Morgan fingerprint density at radius 1 is 1.32 bits per heavy atom. The van der Waals surface area contributed by atoms with Gasteiger partial charge < -0.3 is 10.2 Å². The van der Waals surface area contributed by atoms with Crippen molar-refractivity contribution in [1.29, 1.82) is 0 Å². The van der Waals surface area contributed by atoms with Gasteiger partial charge in [-0.05, 0) is 31.8 Å². The second-order valence-electron chi connectivity index (χ2n) is 5.47. The Kier molecular flexibility index (Phi) is 2.70. The second-order valence-corrected chi connectivity index (χ2v) is 7.40. The SMILES string of the molecule is CC1C(=O)NC(C2CC2)C(=O)N1C1C=CS(=O)(=O)C1. The second kappa shape index (κ2) is 4.06. The van der Waals surface area contributed by atoms with Crippen LogP contribution in [-0.2, 0) is 19.4 Å². The average molecular weight is 284 g/mol. The number of nitrogens with zero attached hydrogens (tertiary/aromatic N) is 1. The summed E-state index contributed by atoms with van der Waals surface area (Å²) in [5.74, 6) is -0.253. The van der Waals surface area contributed by atoms with Crippen LogP contribution < -0.4 is 5.32 Å². The number of piperazine rings is 1. The minimum absolute atomic E-state index is 0.117. The van der Waals surface area contributed by atoms with Gasteiger partial charge in [-0.25, -0.2) is 8.42 Å². The van der Waals surface area contributed by atoms with Crippen molar-refractivity contribution >= 4 is 21.7 Å². The van der Waals surface area contributed by atoms with Crippen LogP contribution in [0.4, 0.5) is 0 Å². The number of sulfone groups is 1. The number of carbonyl (C=O) groups excluding carboxylic acids is 2. The van der Waals surface area contributed by atoms with Gasteiger partial charge in [-0.1, -0.05) is 0 Å². The Balaban J connectivity index is 1.87. The van der Waals surface area contributed by atoms with Crippen molar-refractivity contribution in [3.05, 3.63) is 11.5 Å². The summed E-state index contributed by atoms with van der Waals surface area (Å²) >= 11 is 0. The lowest BCUT2D eigenvalue weighted by atomic mass is 10.0. The molecule has 0 aromatic heterocycles. The van der Waals surface area contributed by atoms with Crippen LogP contribution >= 0.6 is 0 Å². The van der Waals surface area contributed by atoms with E-state index in [0.717, 1.165) is 18.2 Å². The molecule has 0 radical (unpaired) electrons. The van der Waals surface area contributed by atoms with Gasteiger partial charge in [0.05, 0.1) is 11.8 Å². The maximum atomic E-state index is 12.4. The third-order valence-corrected chi connectivity index (χ3v) is 5.35. The molecular formula is C12H16N2O4S. The number of hydrogen-bond donors (Lipinski definition) is 1. The van der Waals surface area contributed by atoms with Crippen molar-refractivity contribution in [3.63, 3.8) is 0 Å². The third-order valence-electron chi connectivity index (χ3n) is 3.98. The maximum Gasteiger partial charge on any atom is 0.246 e. The minimum atomic E-state index is -3.24. The predicted molar refractivity (Wildman–Crippen MR) is 67.7 cm³/mol. The molecule has 3 unspecified atom stereocenters. The van der Waals surface area contributed by atoms with E-state index in [1.807, 2.05) is 0 Å². The lowest BCUT2D eigenvalue weighted by Crippen LogP contribution is -2.65. The van der Waals surface area contributed by atoms with Gasteiger partial charge in [0.15, 0.2) is 9.84 Å². The van der Waals surface area contributed by atoms with E-state index in [1.165, 1.54) is 11.0 Å². The molecule has 2 fully saturated rings. The van der Waals surface area contributed by atoms with Gasteiger partial charge in [0, 0.05) is 5.41 Å². The van der Waals surface area contributed by atoms with Gasteiger partial charge in [0.2, 0.25) is 11.8 Å². The van der Waals surface area contributed by atoms with E-state index in [4.69, 9.17) is 0 Å². The van der Waals surface area contributed by atoms with E-state index in [0.29, 0.717) is 0 Å². The van der Waals surface area contributed by atoms with Gasteiger partial charge in [0.25, 0.3) is 0 Å². The molecule has 3 rings (SSSR count). The molecular weight excluding hydrogens is 268 g/mol. The van der Waals surface area contributed by atoms with E-state index >= 15 is 0 Å². The van der Waals surface area contributed by atoms with Crippen molar-refractivity contribution in [3.8, 4) is 0 Å². The molecule has 19 heavy (non-hydrogen) atoms. The highest BCUT2D eigenvalue weighted by molar-refractivity contribution is 7.94. The van der Waals surface area contributed by atoms with Crippen LogP contribution in [-0.4, -0.2) is 49.0 Å². The lowest BCUT2D eigenvalue weighted by Gasteiger charge is -2.40. The van der Waals surface area contributed by atoms with Crippen molar-refractivity contribution in [1.82, 2.24) is 10.2 Å². The molecule has 3 atom stereocenters. The highest BCUT2D eigenvalue weighted by Gasteiger charge is 2.48. The summed E-state index contributed by atoms with van der Waals surface area (Å²) in [6.45, 7) is 1.63. The van der Waals surface area contributed by atoms with Crippen LogP contribution in [0.25, 0.3) is 0 Å². The molecule has 3 aliphatic rings. The highest BCUT2D eigenvalue weighted by atomic mass is 32.2. The first kappa shape index (κ1) is 12.7. The molecule has 2 amide bonds. The zero-order valence-electron chi connectivity index (χ0n) is 10.6. The molecule has 2 aliphatic heterocycles. The van der Waals surface area contributed by atoms with Crippen LogP contribution in [0.1, 0.15) is 19.8 Å². The summed E-state index contributed by atoms with van der Waals surface area (Å²) in [6.07, 6.45) is 3.39. The fraction of sp³-hybridized carbons (Fsp3) is 0.667. The largest absolute Gasteiger partial charge is 0.342 e. The molecule has 0 aromatic rings. The van der Waals surface area contributed by atoms with Gasteiger partial charge in [-0.15, -0.1) is 0 Å². The van der Waals surface area contributed by atoms with Gasteiger partial charge >= 0.3 is 0 Å². The third kappa shape index (κ3) is 2.16. The first-order valence-corrected chi connectivity index (χ1v) is 8.14. The Morgan fingerprint density at radius 3 is 2.53 bits per heavy atom. The monoisotopic (exact) mass is 284 g/mol. The Labute approximate surface area is 111 Å². The van der Waals surface area contributed by atoms with E-state index in [2.05, 4.69) is 5.32 Å². The minimum Gasteiger partial charge on any atom is -0.342 e. The van der Waals surface area contributed by atoms with Crippen LogP contribution in [0.15, 0.2) is 11.5 Å². The lowest BCUT2D eigenvalue weighted by molar-refractivity contribution is -0.150. The molecule has 1 N–H and O–H groups in total. The van der Waals surface area contributed by atoms with Gasteiger partial charge in [-0.3, -0.25) is 9.59 Å². The van der Waals surface area contributed by atoms with Gasteiger partial charge in [0.1, 0.15) is 12.1 Å². The fourth-order valence-electron chi connectivity index (χ4n) is 2.75. The summed E-state index contributed by atoms with van der Waals surface area (Å²) in [6, 6.07) is -1.61. The number of amides is 2. The summed E-state index contributed by atoms with van der Waals surface area (Å²) in [4.78, 5) is 25.8. The maximum absolute atomic E-state index is 12.4. The highest BCUT2D eigenvalue weighted by Crippen LogP contribution is 2.35. The van der Waals surface area contributed by atoms with Gasteiger partial charge in [-0.2, -0.15) is 0 Å². The number of nitrogens with one attached hydrogen (secondary N) is 1. The molecule has 7 heteroatoms. The number of rotatable bonds is 2. The Morgan fingerprint density at radius 2 is 2.00 bits per heavy atom. The predicted octanol–water partition coefficient (Wildman–Crippen LogP) is -0.577. The van der Waals surface area contributed by atoms with E-state index in [-0.39, 0.29) is 23.5 Å². The standard InChI is InChI=1S/C12H16N2O4S/c1-7-11(15)13-10(8-2-3-8)12(16)14(7)9-4-5-19(17,18)6-9/h4-5,7-10H,2-3,6H2,1H3,(H,13,15). The van der Waals surface area contributed by atoms with E-state index < -0.39 is 28.0 Å². The van der Waals surface area contributed by atoms with Crippen LogP contribution in [0.3, 0.4) is 0 Å². The molecule has 1 saturated carbocycles. The molecule has 0 aromatic carbocycles. The van der Waals surface area contributed by atoms with Crippen molar-refractivity contribution in [2.45, 2.75) is 37.9 Å². The Hall–Kier alpha value is -1.37. The smallest absolute Gasteiger partial charge is 0.246 e. The fourth-order valence-corrected chi connectivity index (χ4v) is 4.03. The first-order valence-electron chi connectivity index (χ1n) is 6.42. The van der Waals surface area contributed by atoms with E-state index in [9.17, 15) is 18.0 Å². The zero-order chi connectivity index (χ0) is 13.8. The average Bonchev–Trinajstić information content (AvgIpc) is 3.09. The van der Waals surface area contributed by atoms with Crippen molar-refractivity contribution < 1.29 is 18.0 Å². The summed E-state index contributed by atoms with van der Waals surface area (Å²) in [7, 11) is -3.24. The quantitative estimate of drug-likeness (QED) is 0.735.